The molecule has 1 aliphatic heterocycles. The summed E-state index contributed by atoms with van der Waals surface area (Å²) < 4.78 is 28.3. The third kappa shape index (κ3) is 5.66. The topological polar surface area (TPSA) is 111 Å². The van der Waals surface area contributed by atoms with Crippen LogP contribution in [-0.4, -0.2) is 39.2 Å². The van der Waals surface area contributed by atoms with Crippen molar-refractivity contribution in [2.45, 2.75) is 72.4 Å². The predicted octanol–water partition coefficient (Wildman–Crippen LogP) is 5.28. The molecular weight excluding hydrogens is 525 g/mol. The van der Waals surface area contributed by atoms with E-state index in [0.29, 0.717) is 58.8 Å². The van der Waals surface area contributed by atoms with Gasteiger partial charge >= 0.3 is 5.97 Å². The molecule has 3 heterocycles. The number of aromatic nitrogens is 2. The first-order valence-electron chi connectivity index (χ1n) is 13.7. The summed E-state index contributed by atoms with van der Waals surface area (Å²) in [5.41, 5.74) is 5.34. The van der Waals surface area contributed by atoms with Gasteiger partial charge in [-0.2, -0.15) is 4.39 Å². The first kappa shape index (κ1) is 28.3. The molecule has 8 nitrogen and oxygen atoms in total. The summed E-state index contributed by atoms with van der Waals surface area (Å²) in [4.78, 5) is 34.1. The number of carboxylic acids is 1. The summed E-state index contributed by atoms with van der Waals surface area (Å²) in [7, 11) is 0. The van der Waals surface area contributed by atoms with Gasteiger partial charge in [-0.05, 0) is 76.3 Å². The Morgan fingerprint density at radius 1 is 1.22 bits per heavy atom. The van der Waals surface area contributed by atoms with Gasteiger partial charge in [-0.3, -0.25) is 19.6 Å². The normalized spacial score (nSPS) is 14.0. The molecule has 0 saturated carbocycles. The molecule has 0 atom stereocenters. The molecule has 1 aromatic carbocycles. The van der Waals surface area contributed by atoms with Crippen molar-refractivity contribution in [1.29, 1.82) is 0 Å². The number of fused-ring (bicyclic) bond motifs is 2. The number of nitrogens with zero attached hydrogens (tertiary/aromatic N) is 2. The van der Waals surface area contributed by atoms with Gasteiger partial charge in [0, 0.05) is 58.9 Å². The Hall–Kier alpha value is -4.27. The van der Waals surface area contributed by atoms with Crippen LogP contribution in [0.25, 0.3) is 17.2 Å². The molecule has 2 N–H and O–H groups in total. The quantitative estimate of drug-likeness (QED) is 0.405. The SMILES string of the molecule is Cc1nc2c(c(-c3c(C)c4c(c(F)c3OC(C)(C)C)OCCC4)c1CC(=O)O)C=C(C(=O)NCc1cccnc1)C2. The van der Waals surface area contributed by atoms with Crippen LogP contribution in [0.5, 0.6) is 11.5 Å². The standard InChI is InChI=1S/C32H34FN3O5/c1-17-21-9-7-11-40-29(21)28(33)30(41-32(3,4)5)26(17)27-22(14-25(37)38)18(2)36-24-13-20(12-23(24)27)31(39)35-16-19-8-6-10-34-15-19/h6,8,10,12,15H,7,9,11,13-14,16H2,1-5H3,(H,35,39)(H,37,38). The summed E-state index contributed by atoms with van der Waals surface area (Å²) in [5.74, 6) is -1.70. The third-order valence-corrected chi connectivity index (χ3v) is 7.30. The number of nitrogens with one attached hydrogen (secondary N) is 1. The highest BCUT2D eigenvalue weighted by molar-refractivity contribution is 6.02. The van der Waals surface area contributed by atoms with Crippen molar-refractivity contribution in [3.63, 3.8) is 0 Å². The molecule has 0 bridgehead atoms. The molecule has 0 spiro atoms. The number of aliphatic carboxylic acids is 1. The van der Waals surface area contributed by atoms with E-state index in [9.17, 15) is 14.7 Å². The van der Waals surface area contributed by atoms with Crippen LogP contribution in [-0.2, 0) is 35.4 Å². The summed E-state index contributed by atoms with van der Waals surface area (Å²) in [6.07, 6.45) is 6.41. The van der Waals surface area contributed by atoms with E-state index < -0.39 is 17.4 Å². The smallest absolute Gasteiger partial charge is 0.307 e. The van der Waals surface area contributed by atoms with E-state index in [0.717, 1.165) is 23.1 Å². The molecule has 214 valence electrons. The maximum absolute atomic E-state index is 16.3. The van der Waals surface area contributed by atoms with Crippen LogP contribution >= 0.6 is 0 Å². The molecule has 0 unspecified atom stereocenters. The Labute approximate surface area is 238 Å². The second kappa shape index (κ2) is 11.0. The first-order chi connectivity index (χ1) is 19.4. The molecule has 1 amide bonds. The Morgan fingerprint density at radius 2 is 2.00 bits per heavy atom. The molecule has 3 aromatic rings. The zero-order valence-corrected chi connectivity index (χ0v) is 24.0. The van der Waals surface area contributed by atoms with Crippen molar-refractivity contribution < 1.29 is 28.6 Å². The minimum Gasteiger partial charge on any atom is -0.490 e. The fourth-order valence-corrected chi connectivity index (χ4v) is 5.53. The fourth-order valence-electron chi connectivity index (χ4n) is 5.53. The number of carboxylic acid groups (broad SMARTS) is 1. The van der Waals surface area contributed by atoms with Gasteiger partial charge in [0.2, 0.25) is 11.7 Å². The van der Waals surface area contributed by atoms with Gasteiger partial charge in [-0.1, -0.05) is 6.07 Å². The molecule has 41 heavy (non-hydrogen) atoms. The predicted molar refractivity (Wildman–Crippen MR) is 152 cm³/mol. The number of aryl methyl sites for hydroxylation is 1. The van der Waals surface area contributed by atoms with Crippen molar-refractivity contribution >= 4 is 18.0 Å². The van der Waals surface area contributed by atoms with E-state index in [1.807, 2.05) is 33.8 Å². The summed E-state index contributed by atoms with van der Waals surface area (Å²) in [6.45, 7) is 9.85. The number of pyridine rings is 2. The zero-order valence-electron chi connectivity index (χ0n) is 24.0. The minimum absolute atomic E-state index is 0.0120. The van der Waals surface area contributed by atoms with E-state index in [2.05, 4.69) is 10.3 Å². The average Bonchev–Trinajstić information content (AvgIpc) is 3.35. The Morgan fingerprint density at radius 3 is 2.68 bits per heavy atom. The van der Waals surface area contributed by atoms with E-state index in [-0.39, 0.29) is 30.2 Å². The van der Waals surface area contributed by atoms with Gasteiger partial charge in [0.15, 0.2) is 11.5 Å². The monoisotopic (exact) mass is 559 g/mol. The van der Waals surface area contributed by atoms with Crippen molar-refractivity contribution in [2.75, 3.05) is 6.61 Å². The highest BCUT2D eigenvalue weighted by atomic mass is 19.1. The van der Waals surface area contributed by atoms with Gasteiger partial charge in [-0.25, -0.2) is 0 Å². The molecule has 5 rings (SSSR count). The van der Waals surface area contributed by atoms with Crippen LogP contribution < -0.4 is 14.8 Å². The second-order valence-electron chi connectivity index (χ2n) is 11.5. The molecule has 9 heteroatoms. The average molecular weight is 560 g/mol. The number of carbonyl (C=O) groups is 2. The number of rotatable bonds is 7. The second-order valence-corrected chi connectivity index (χ2v) is 11.5. The van der Waals surface area contributed by atoms with Crippen molar-refractivity contribution in [3.05, 3.63) is 75.1 Å². The Kier molecular flexibility index (Phi) is 7.55. The molecule has 0 saturated heterocycles. The molecule has 2 aromatic heterocycles. The van der Waals surface area contributed by atoms with Crippen LogP contribution in [0.15, 0.2) is 30.1 Å². The van der Waals surface area contributed by atoms with Crippen LogP contribution in [0.2, 0.25) is 0 Å². The first-order valence-corrected chi connectivity index (χ1v) is 13.7. The van der Waals surface area contributed by atoms with Crippen LogP contribution in [0.3, 0.4) is 0 Å². The Bertz CT molecular complexity index is 1580. The maximum atomic E-state index is 16.3. The lowest BCUT2D eigenvalue weighted by atomic mass is 9.85. The van der Waals surface area contributed by atoms with Crippen LogP contribution in [0.4, 0.5) is 4.39 Å². The van der Waals surface area contributed by atoms with Crippen LogP contribution in [0, 0.1) is 19.7 Å². The van der Waals surface area contributed by atoms with Gasteiger partial charge in [0.05, 0.1) is 18.7 Å². The molecule has 0 fully saturated rings. The van der Waals surface area contributed by atoms with E-state index in [4.69, 9.17) is 14.5 Å². The maximum Gasteiger partial charge on any atom is 0.307 e. The summed E-state index contributed by atoms with van der Waals surface area (Å²) in [5, 5.41) is 12.8. The van der Waals surface area contributed by atoms with E-state index in [1.54, 1.807) is 31.5 Å². The van der Waals surface area contributed by atoms with Gasteiger partial charge < -0.3 is 19.9 Å². The van der Waals surface area contributed by atoms with Gasteiger partial charge in [-0.15, -0.1) is 0 Å². The van der Waals surface area contributed by atoms with Gasteiger partial charge in [0.25, 0.3) is 0 Å². The molecule has 1 aliphatic carbocycles. The van der Waals surface area contributed by atoms with Crippen molar-refractivity contribution in [1.82, 2.24) is 15.3 Å². The lowest BCUT2D eigenvalue weighted by molar-refractivity contribution is -0.136. The van der Waals surface area contributed by atoms with Crippen molar-refractivity contribution in [3.8, 4) is 22.6 Å². The molecular formula is C32H34FN3O5. The highest BCUT2D eigenvalue weighted by Crippen LogP contribution is 2.49. The highest BCUT2D eigenvalue weighted by Gasteiger charge is 2.34. The van der Waals surface area contributed by atoms with E-state index >= 15 is 4.39 Å². The number of ether oxygens (including phenoxy) is 2. The summed E-state index contributed by atoms with van der Waals surface area (Å²) in [6, 6.07) is 3.68. The van der Waals surface area contributed by atoms with Crippen LogP contribution in [0.1, 0.15) is 66.4 Å². The number of halogens is 1. The van der Waals surface area contributed by atoms with E-state index in [1.165, 1.54) is 0 Å². The number of benzene rings is 1. The molecule has 2 aliphatic rings. The Balaban J connectivity index is 1.71. The zero-order chi connectivity index (χ0) is 29.5. The van der Waals surface area contributed by atoms with Crippen molar-refractivity contribution in [2.24, 2.45) is 0 Å². The number of hydrogen-bond donors (Lipinski definition) is 2. The fraction of sp³-hybridized carbons (Fsp3) is 0.375. The van der Waals surface area contributed by atoms with Gasteiger partial charge in [0.1, 0.15) is 5.60 Å². The number of carbonyl (C=O) groups excluding carboxylic acids is 1. The lowest BCUT2D eigenvalue weighted by Gasteiger charge is -2.30. The molecule has 0 radical (unpaired) electrons. The minimum atomic E-state index is -1.04. The number of amides is 1. The number of hydrogen-bond acceptors (Lipinski definition) is 6. The largest absolute Gasteiger partial charge is 0.490 e. The lowest BCUT2D eigenvalue weighted by Crippen LogP contribution is -2.25. The third-order valence-electron chi connectivity index (χ3n) is 7.30. The summed E-state index contributed by atoms with van der Waals surface area (Å²) >= 11 is 0.